The molecule has 0 rings (SSSR count). The normalized spacial score (nSPS) is 12.9. The molecule has 1 N–H and O–H groups in total. The molecule has 154 valence electrons. The highest BCUT2D eigenvalue weighted by Gasteiger charge is 1.98. The van der Waals surface area contributed by atoms with Gasteiger partial charge in [0.15, 0.2) is 0 Å². The average Bonchev–Trinajstić information content (AvgIpc) is 2.58. The van der Waals surface area contributed by atoms with E-state index in [0.717, 1.165) is 56.9 Å². The number of carbonyl (C=O) groups excluding carboxylic acids is 1. The summed E-state index contributed by atoms with van der Waals surface area (Å²) in [5.41, 5.74) is 7.83. The van der Waals surface area contributed by atoms with Crippen molar-refractivity contribution in [3.63, 3.8) is 0 Å². The largest absolute Gasteiger partial charge is 0.273 e. The Balaban J connectivity index is 4.04. The van der Waals surface area contributed by atoms with Gasteiger partial charge in [0.2, 0.25) is 0 Å². The number of unbranched alkanes of at least 4 members (excludes halogenated alkanes) is 1. The summed E-state index contributed by atoms with van der Waals surface area (Å²) in [6.45, 7) is 13.4. The van der Waals surface area contributed by atoms with Crippen molar-refractivity contribution in [1.29, 1.82) is 0 Å². The topological polar surface area (TPSA) is 38.3 Å². The summed E-state index contributed by atoms with van der Waals surface area (Å²) in [5, 5.41) is 0. The lowest BCUT2D eigenvalue weighted by Gasteiger charge is -2.04. The van der Waals surface area contributed by atoms with Gasteiger partial charge in [-0.25, -0.2) is 5.48 Å². The third-order valence-corrected chi connectivity index (χ3v) is 4.30. The summed E-state index contributed by atoms with van der Waals surface area (Å²) in [6.07, 6.45) is 17.0. The van der Waals surface area contributed by atoms with Crippen LogP contribution in [0.3, 0.4) is 0 Å². The fourth-order valence-electron chi connectivity index (χ4n) is 2.55. The second-order valence-electron chi connectivity index (χ2n) is 7.66. The zero-order chi connectivity index (χ0) is 20.5. The lowest BCUT2D eigenvalue weighted by molar-refractivity contribution is -0.128. The third-order valence-electron chi connectivity index (χ3n) is 4.30. The zero-order valence-corrected chi connectivity index (χ0v) is 18.5. The van der Waals surface area contributed by atoms with Gasteiger partial charge in [-0.1, -0.05) is 53.9 Å². The van der Waals surface area contributed by atoms with E-state index < -0.39 is 0 Å². The van der Waals surface area contributed by atoms with Crippen molar-refractivity contribution in [2.75, 3.05) is 6.61 Å². The molecular formula is C24H41NO2. The maximum Gasteiger partial charge on any atom is 0.267 e. The van der Waals surface area contributed by atoms with Crippen LogP contribution in [-0.2, 0) is 9.63 Å². The Labute approximate surface area is 167 Å². The minimum atomic E-state index is -0.168. The van der Waals surface area contributed by atoms with Crippen molar-refractivity contribution in [2.45, 2.75) is 92.9 Å². The molecule has 0 aromatic carbocycles. The summed E-state index contributed by atoms with van der Waals surface area (Å²) < 4.78 is 0. The molecule has 0 spiro atoms. The molecular weight excluding hydrogens is 334 g/mol. The van der Waals surface area contributed by atoms with Gasteiger partial charge in [0.1, 0.15) is 0 Å². The predicted octanol–water partition coefficient (Wildman–Crippen LogP) is 6.98. The molecule has 0 aliphatic carbocycles. The Kier molecular flexibility index (Phi) is 15.6. The fourth-order valence-corrected chi connectivity index (χ4v) is 2.55. The predicted molar refractivity (Wildman–Crippen MR) is 117 cm³/mol. The molecule has 0 aliphatic rings. The molecule has 0 radical (unpaired) electrons. The van der Waals surface area contributed by atoms with Crippen LogP contribution in [0.2, 0.25) is 0 Å². The maximum atomic E-state index is 11.7. The quantitative estimate of drug-likeness (QED) is 0.154. The highest BCUT2D eigenvalue weighted by molar-refractivity contribution is 5.87. The Morgan fingerprint density at radius 1 is 0.815 bits per heavy atom. The monoisotopic (exact) mass is 375 g/mol. The lowest BCUT2D eigenvalue weighted by Crippen LogP contribution is -2.22. The van der Waals surface area contributed by atoms with E-state index in [-0.39, 0.29) is 5.91 Å². The van der Waals surface area contributed by atoms with Crippen LogP contribution < -0.4 is 5.48 Å². The molecule has 0 aromatic rings. The van der Waals surface area contributed by atoms with Crippen LogP contribution in [-0.4, -0.2) is 12.5 Å². The third kappa shape index (κ3) is 17.6. The first-order chi connectivity index (χ1) is 12.8. The summed E-state index contributed by atoms with van der Waals surface area (Å²) in [7, 11) is 0. The molecule has 3 heteroatoms. The number of hydrogen-bond donors (Lipinski definition) is 1. The van der Waals surface area contributed by atoms with Gasteiger partial charge in [0, 0.05) is 6.08 Å². The van der Waals surface area contributed by atoms with Crippen LogP contribution in [0.5, 0.6) is 0 Å². The SMILES string of the molecule is CCCCONC(=O)C=C(C)CCC=C(C)CCC=C(C)CCC=C(C)C. The molecule has 0 aromatic heterocycles. The molecule has 0 bridgehead atoms. The Bertz CT molecular complexity index is 535. The van der Waals surface area contributed by atoms with Crippen molar-refractivity contribution in [3.8, 4) is 0 Å². The van der Waals surface area contributed by atoms with Gasteiger partial charge in [-0.2, -0.15) is 0 Å². The van der Waals surface area contributed by atoms with Crippen LogP contribution in [0, 0.1) is 0 Å². The van der Waals surface area contributed by atoms with Gasteiger partial charge in [-0.3, -0.25) is 9.63 Å². The minimum absolute atomic E-state index is 0.168. The van der Waals surface area contributed by atoms with E-state index in [0.29, 0.717) is 6.61 Å². The number of hydrogen-bond acceptors (Lipinski definition) is 2. The zero-order valence-electron chi connectivity index (χ0n) is 18.5. The van der Waals surface area contributed by atoms with Gasteiger partial charge in [0.05, 0.1) is 6.61 Å². The Hall–Kier alpha value is -1.61. The van der Waals surface area contributed by atoms with Crippen molar-refractivity contribution in [1.82, 2.24) is 5.48 Å². The van der Waals surface area contributed by atoms with Crippen LogP contribution in [0.1, 0.15) is 92.9 Å². The molecule has 0 fully saturated rings. The van der Waals surface area contributed by atoms with Crippen LogP contribution in [0.4, 0.5) is 0 Å². The van der Waals surface area contributed by atoms with Gasteiger partial charge in [0.25, 0.3) is 5.91 Å². The van der Waals surface area contributed by atoms with Gasteiger partial charge < -0.3 is 0 Å². The van der Waals surface area contributed by atoms with Gasteiger partial charge in [-0.05, 0) is 79.6 Å². The Morgan fingerprint density at radius 3 is 1.85 bits per heavy atom. The number of nitrogens with one attached hydrogen (secondary N) is 1. The lowest BCUT2D eigenvalue weighted by atomic mass is 10.0. The molecule has 0 aliphatic heterocycles. The van der Waals surface area contributed by atoms with Crippen LogP contribution in [0.25, 0.3) is 0 Å². The Morgan fingerprint density at radius 2 is 1.33 bits per heavy atom. The van der Waals surface area contributed by atoms with Gasteiger partial charge in [-0.15, -0.1) is 0 Å². The van der Waals surface area contributed by atoms with E-state index in [4.69, 9.17) is 4.84 Å². The van der Waals surface area contributed by atoms with E-state index in [9.17, 15) is 4.79 Å². The number of rotatable bonds is 14. The number of allylic oxidation sites excluding steroid dienone is 7. The van der Waals surface area contributed by atoms with Crippen LogP contribution in [0.15, 0.2) is 46.6 Å². The molecule has 3 nitrogen and oxygen atoms in total. The summed E-state index contributed by atoms with van der Waals surface area (Å²) in [4.78, 5) is 16.8. The molecule has 0 unspecified atom stereocenters. The number of hydroxylamine groups is 1. The second kappa shape index (κ2) is 16.6. The second-order valence-corrected chi connectivity index (χ2v) is 7.66. The van der Waals surface area contributed by atoms with Gasteiger partial charge >= 0.3 is 0 Å². The highest BCUT2D eigenvalue weighted by atomic mass is 16.6. The number of amides is 1. The summed E-state index contributed by atoms with van der Waals surface area (Å²) in [6, 6.07) is 0. The van der Waals surface area contributed by atoms with Crippen molar-refractivity contribution < 1.29 is 9.63 Å². The first kappa shape index (κ1) is 25.4. The smallest absolute Gasteiger partial charge is 0.267 e. The molecule has 27 heavy (non-hydrogen) atoms. The molecule has 0 atom stereocenters. The van der Waals surface area contributed by atoms with Crippen LogP contribution >= 0.6 is 0 Å². The number of carbonyl (C=O) groups is 1. The molecule has 0 saturated carbocycles. The van der Waals surface area contributed by atoms with Crippen molar-refractivity contribution in [2.24, 2.45) is 0 Å². The van der Waals surface area contributed by atoms with Crippen molar-refractivity contribution in [3.05, 3.63) is 46.6 Å². The average molecular weight is 376 g/mol. The first-order valence-corrected chi connectivity index (χ1v) is 10.4. The highest BCUT2D eigenvalue weighted by Crippen LogP contribution is 2.13. The van der Waals surface area contributed by atoms with E-state index in [1.54, 1.807) is 6.08 Å². The standard InChI is InChI=1S/C24H41NO2/c1-7-8-18-27-25-24(26)19-23(6)17-11-16-22(5)15-10-14-21(4)13-9-12-20(2)3/h12,14,16,19H,7-11,13,15,17-18H2,1-6H3,(H,25,26). The summed E-state index contributed by atoms with van der Waals surface area (Å²) >= 11 is 0. The van der Waals surface area contributed by atoms with E-state index in [1.165, 1.54) is 16.7 Å². The molecule has 0 saturated heterocycles. The molecule has 0 heterocycles. The summed E-state index contributed by atoms with van der Waals surface area (Å²) in [5.74, 6) is -0.168. The first-order valence-electron chi connectivity index (χ1n) is 10.4. The molecule has 1 amide bonds. The minimum Gasteiger partial charge on any atom is -0.273 e. The van der Waals surface area contributed by atoms with E-state index in [1.807, 2.05) is 6.92 Å². The maximum absolute atomic E-state index is 11.7. The van der Waals surface area contributed by atoms with E-state index >= 15 is 0 Å². The van der Waals surface area contributed by atoms with Crippen molar-refractivity contribution >= 4 is 5.91 Å². The fraction of sp³-hybridized carbons (Fsp3) is 0.625. The van der Waals surface area contributed by atoms with E-state index in [2.05, 4.69) is 58.3 Å².